The summed E-state index contributed by atoms with van der Waals surface area (Å²) in [6.07, 6.45) is 2.80. The fraction of sp³-hybridized carbons (Fsp3) is 0.259. The lowest BCUT2D eigenvalue weighted by Gasteiger charge is -2.30. The Morgan fingerprint density at radius 1 is 1.00 bits per heavy atom. The number of carbonyl (C=O) groups excluding carboxylic acids is 3. The minimum atomic E-state index is -0.463. The largest absolute Gasteiger partial charge is 0.423 e. The average Bonchev–Trinajstić information content (AvgIpc) is 2.92. The number of nitrogens with zero attached hydrogens (tertiary/aromatic N) is 4. The molecule has 0 bridgehead atoms. The van der Waals surface area contributed by atoms with Crippen molar-refractivity contribution in [1.82, 2.24) is 15.2 Å². The smallest absolute Gasteiger partial charge is 0.328 e. The number of nitrogen functional groups attached to an aromatic ring is 1. The number of anilines is 2. The molecule has 0 aliphatic carbocycles. The van der Waals surface area contributed by atoms with Crippen LogP contribution >= 0.6 is 0 Å². The van der Waals surface area contributed by atoms with Crippen molar-refractivity contribution in [2.75, 3.05) is 31.2 Å². The normalized spacial score (nSPS) is 15.7. The zero-order valence-electron chi connectivity index (χ0n) is 21.0. The predicted octanol–water partition coefficient (Wildman–Crippen LogP) is 3.84. The van der Waals surface area contributed by atoms with Crippen molar-refractivity contribution in [2.24, 2.45) is 10.2 Å². The summed E-state index contributed by atoms with van der Waals surface area (Å²) in [5.74, 6) is -0.607. The van der Waals surface area contributed by atoms with Crippen LogP contribution in [0.1, 0.15) is 29.6 Å². The van der Waals surface area contributed by atoms with E-state index in [1.165, 1.54) is 6.07 Å². The van der Waals surface area contributed by atoms with Gasteiger partial charge >= 0.3 is 5.97 Å². The van der Waals surface area contributed by atoms with Crippen LogP contribution in [0.2, 0.25) is 0 Å². The van der Waals surface area contributed by atoms with Crippen LogP contribution in [0, 0.1) is 0 Å². The zero-order valence-corrected chi connectivity index (χ0v) is 21.0. The summed E-state index contributed by atoms with van der Waals surface area (Å²) < 4.78 is 5.65. The Morgan fingerprint density at radius 2 is 1.74 bits per heavy atom. The number of nitrogens with one attached hydrogen (secondary N) is 2. The van der Waals surface area contributed by atoms with Gasteiger partial charge in [-0.2, -0.15) is 0 Å². The van der Waals surface area contributed by atoms with E-state index < -0.39 is 5.91 Å². The molecule has 1 aliphatic heterocycles. The molecule has 196 valence electrons. The third-order valence-electron chi connectivity index (χ3n) is 6.00. The summed E-state index contributed by atoms with van der Waals surface area (Å²) in [6.45, 7) is 0.620. The van der Waals surface area contributed by atoms with E-state index in [0.717, 1.165) is 25.8 Å². The number of likely N-dealkylation sites (N-methyl/N-ethyl adjacent to an activating group) is 1. The van der Waals surface area contributed by atoms with Gasteiger partial charge < -0.3 is 21.1 Å². The van der Waals surface area contributed by atoms with Gasteiger partial charge in [0.25, 0.3) is 5.91 Å². The molecule has 3 aromatic rings. The van der Waals surface area contributed by atoms with E-state index >= 15 is 0 Å². The summed E-state index contributed by atoms with van der Waals surface area (Å²) in [5, 5.41) is 13.5. The van der Waals surface area contributed by atoms with Gasteiger partial charge in [0.05, 0.1) is 6.54 Å². The van der Waals surface area contributed by atoms with Gasteiger partial charge in [-0.3, -0.25) is 14.5 Å². The zero-order chi connectivity index (χ0) is 26.9. The summed E-state index contributed by atoms with van der Waals surface area (Å²) >= 11 is 0. The first kappa shape index (κ1) is 26.4. The van der Waals surface area contributed by atoms with Gasteiger partial charge in [-0.25, -0.2) is 9.78 Å². The van der Waals surface area contributed by atoms with Gasteiger partial charge in [0.15, 0.2) is 11.6 Å². The number of carbonyl (C=O) groups is 3. The van der Waals surface area contributed by atoms with Gasteiger partial charge in [-0.1, -0.05) is 36.8 Å². The number of amides is 2. The number of hydrogen-bond donors (Lipinski definition) is 3. The highest BCUT2D eigenvalue weighted by Crippen LogP contribution is 2.31. The van der Waals surface area contributed by atoms with Gasteiger partial charge in [-0.05, 0) is 62.8 Å². The Balaban J connectivity index is 1.36. The quantitative estimate of drug-likeness (QED) is 0.234. The molecule has 1 atom stereocenters. The summed E-state index contributed by atoms with van der Waals surface area (Å²) in [7, 11) is 1.92. The van der Waals surface area contributed by atoms with Crippen molar-refractivity contribution < 1.29 is 19.1 Å². The van der Waals surface area contributed by atoms with Crippen LogP contribution < -0.4 is 21.1 Å². The number of likely N-dealkylation sites (tertiary alicyclic amines) is 1. The second-order valence-electron chi connectivity index (χ2n) is 8.78. The number of para-hydroxylation sites is 1. The van der Waals surface area contributed by atoms with Gasteiger partial charge in [0.1, 0.15) is 23.2 Å². The van der Waals surface area contributed by atoms with Crippen molar-refractivity contribution in [2.45, 2.75) is 25.3 Å². The van der Waals surface area contributed by atoms with E-state index in [-0.39, 0.29) is 41.8 Å². The molecule has 2 heterocycles. The third kappa shape index (κ3) is 6.98. The number of benzene rings is 2. The molecule has 0 spiro atoms. The Morgan fingerprint density at radius 3 is 2.50 bits per heavy atom. The Labute approximate surface area is 220 Å². The van der Waals surface area contributed by atoms with Crippen LogP contribution in [-0.2, 0) is 9.59 Å². The molecule has 11 heteroatoms. The number of nitrogens with two attached hydrogens (primary N) is 1. The van der Waals surface area contributed by atoms with Crippen LogP contribution in [0.25, 0.3) is 0 Å². The van der Waals surface area contributed by atoms with Gasteiger partial charge in [0, 0.05) is 5.56 Å². The predicted molar refractivity (Wildman–Crippen MR) is 143 cm³/mol. The second-order valence-corrected chi connectivity index (χ2v) is 8.78. The summed E-state index contributed by atoms with van der Waals surface area (Å²) in [6, 6.07) is 18.2. The maximum absolute atomic E-state index is 12.7. The molecular formula is C27H29N7O4. The standard InChI is InChI=1S/C27H29N7O4/c1-34-16-8-7-12-21(34)27(37)38-22-13-6-5-11-19(22)32-33-20-14-15-23(31-25(20)28)30-24(35)17-29-26(36)18-9-3-2-4-10-18/h2-6,9-11,13-15,21H,7-8,12,16-17H2,1H3,(H,29,36)(H3,28,30,31,35)/b33-32+/t21-/m0/s1. The van der Waals surface area contributed by atoms with Crippen molar-refractivity contribution in [3.05, 3.63) is 72.3 Å². The number of piperidine rings is 1. The van der Waals surface area contributed by atoms with Gasteiger partial charge in [0.2, 0.25) is 5.91 Å². The van der Waals surface area contributed by atoms with Crippen LogP contribution in [0.3, 0.4) is 0 Å². The maximum atomic E-state index is 12.7. The summed E-state index contributed by atoms with van der Waals surface area (Å²) in [5.41, 5.74) is 7.11. The number of ether oxygens (including phenoxy) is 1. The Hall–Kier alpha value is -4.64. The molecule has 4 rings (SSSR count). The number of hydrogen-bond acceptors (Lipinski definition) is 9. The van der Waals surface area contributed by atoms with Crippen LogP contribution in [0.4, 0.5) is 23.0 Å². The number of aromatic nitrogens is 1. The maximum Gasteiger partial charge on any atom is 0.328 e. The number of rotatable bonds is 8. The van der Waals surface area contributed by atoms with Crippen molar-refractivity contribution in [3.63, 3.8) is 0 Å². The molecule has 38 heavy (non-hydrogen) atoms. The van der Waals surface area contributed by atoms with Crippen LogP contribution in [0.5, 0.6) is 5.75 Å². The highest BCUT2D eigenvalue weighted by molar-refractivity contribution is 5.99. The molecule has 1 fully saturated rings. The van der Waals surface area contributed by atoms with Crippen LogP contribution in [-0.4, -0.2) is 53.8 Å². The van der Waals surface area contributed by atoms with E-state index in [2.05, 4.69) is 25.8 Å². The van der Waals surface area contributed by atoms with E-state index in [4.69, 9.17) is 10.5 Å². The molecule has 2 aromatic carbocycles. The fourth-order valence-electron chi connectivity index (χ4n) is 3.94. The molecule has 0 saturated carbocycles. The Kier molecular flexibility index (Phi) is 8.73. The van der Waals surface area contributed by atoms with Crippen molar-refractivity contribution >= 4 is 40.8 Å². The topological polar surface area (TPSA) is 151 Å². The first-order chi connectivity index (χ1) is 18.4. The van der Waals surface area contributed by atoms with Crippen LogP contribution in [0.15, 0.2) is 77.0 Å². The van der Waals surface area contributed by atoms with E-state index in [1.54, 1.807) is 60.7 Å². The monoisotopic (exact) mass is 515 g/mol. The molecule has 1 aliphatic rings. The van der Waals surface area contributed by atoms with Gasteiger partial charge in [-0.15, -0.1) is 10.2 Å². The van der Waals surface area contributed by atoms with Crippen molar-refractivity contribution in [3.8, 4) is 5.75 Å². The molecule has 1 saturated heterocycles. The fourth-order valence-corrected chi connectivity index (χ4v) is 3.94. The third-order valence-corrected chi connectivity index (χ3v) is 6.00. The molecule has 2 amide bonds. The van der Waals surface area contributed by atoms with Crippen molar-refractivity contribution in [1.29, 1.82) is 0 Å². The molecule has 1 aromatic heterocycles. The first-order valence-electron chi connectivity index (χ1n) is 12.2. The highest BCUT2D eigenvalue weighted by atomic mass is 16.5. The lowest BCUT2D eigenvalue weighted by atomic mass is 10.0. The number of esters is 1. The molecule has 0 unspecified atom stereocenters. The highest BCUT2D eigenvalue weighted by Gasteiger charge is 2.28. The average molecular weight is 516 g/mol. The van der Waals surface area contributed by atoms with E-state index in [9.17, 15) is 14.4 Å². The van der Waals surface area contributed by atoms with E-state index in [1.807, 2.05) is 11.9 Å². The molecule has 4 N–H and O–H groups in total. The Bertz CT molecular complexity index is 1330. The first-order valence-corrected chi connectivity index (χ1v) is 12.2. The minimum Gasteiger partial charge on any atom is -0.423 e. The lowest BCUT2D eigenvalue weighted by molar-refractivity contribution is -0.141. The molecule has 11 nitrogen and oxygen atoms in total. The summed E-state index contributed by atoms with van der Waals surface area (Å²) in [4.78, 5) is 43.2. The molecular weight excluding hydrogens is 486 g/mol. The SMILES string of the molecule is CN1CCCC[C@H]1C(=O)Oc1ccccc1/N=N/c1ccc(NC(=O)CNC(=O)c2ccccc2)nc1N. The molecule has 0 radical (unpaired) electrons. The second kappa shape index (κ2) is 12.5. The minimum absolute atomic E-state index is 0.0400. The number of azo groups is 1. The number of pyridine rings is 1. The van der Waals surface area contributed by atoms with E-state index in [0.29, 0.717) is 17.0 Å². The lowest BCUT2D eigenvalue weighted by Crippen LogP contribution is -2.44.